The van der Waals surface area contributed by atoms with Crippen LogP contribution in [-0.2, 0) is 17.8 Å². The van der Waals surface area contributed by atoms with E-state index in [0.717, 1.165) is 34.9 Å². The zero-order chi connectivity index (χ0) is 23.2. The lowest BCUT2D eigenvalue weighted by atomic mass is 10.1. The molecule has 0 saturated carbocycles. The molecule has 0 aliphatic carbocycles. The predicted octanol–water partition coefficient (Wildman–Crippen LogP) is 5.02. The Kier molecular flexibility index (Phi) is 7.50. The monoisotopic (exact) mass is 465 g/mol. The van der Waals surface area contributed by atoms with E-state index in [9.17, 15) is 4.79 Å². The van der Waals surface area contributed by atoms with Gasteiger partial charge in [-0.05, 0) is 55.2 Å². The molecule has 6 nitrogen and oxygen atoms in total. The molecule has 0 unspecified atom stereocenters. The highest BCUT2D eigenvalue weighted by atomic mass is 32.1. The summed E-state index contributed by atoms with van der Waals surface area (Å²) in [5.41, 5.74) is 4.13. The number of hydrogen-bond donors (Lipinski definition) is 0. The van der Waals surface area contributed by atoms with Crippen LogP contribution in [0.1, 0.15) is 30.5 Å². The van der Waals surface area contributed by atoms with E-state index in [1.807, 2.05) is 30.6 Å². The van der Waals surface area contributed by atoms with Crippen LogP contribution in [0.2, 0.25) is 0 Å². The summed E-state index contributed by atoms with van der Waals surface area (Å²) < 4.78 is 10.7. The third-order valence-corrected chi connectivity index (χ3v) is 6.96. The van der Waals surface area contributed by atoms with E-state index in [2.05, 4.69) is 34.1 Å². The number of rotatable bonds is 8. The molecule has 2 heterocycles. The Morgan fingerprint density at radius 3 is 2.45 bits per heavy atom. The first-order valence-corrected chi connectivity index (χ1v) is 12.2. The van der Waals surface area contributed by atoms with Crippen molar-refractivity contribution in [3.8, 4) is 22.1 Å². The SMILES string of the molecule is COc1ccc(-c2nc(CC(=O)N(C)Cc3ccc(N4CCCCC4)cc3)cs2)cc1OC. The van der Waals surface area contributed by atoms with Crippen LogP contribution in [0.5, 0.6) is 11.5 Å². The highest BCUT2D eigenvalue weighted by molar-refractivity contribution is 7.13. The average Bonchev–Trinajstić information content (AvgIpc) is 3.33. The molecule has 1 aliphatic rings. The summed E-state index contributed by atoms with van der Waals surface area (Å²) in [6, 6.07) is 14.3. The van der Waals surface area contributed by atoms with Crippen molar-refractivity contribution >= 4 is 22.9 Å². The summed E-state index contributed by atoms with van der Waals surface area (Å²) in [6.45, 7) is 2.86. The van der Waals surface area contributed by atoms with Crippen molar-refractivity contribution in [2.45, 2.75) is 32.2 Å². The number of methoxy groups -OCH3 is 2. The van der Waals surface area contributed by atoms with Gasteiger partial charge in [0.1, 0.15) is 5.01 Å². The van der Waals surface area contributed by atoms with Crippen LogP contribution in [0.15, 0.2) is 47.8 Å². The Hall–Kier alpha value is -3.06. The van der Waals surface area contributed by atoms with Crippen LogP contribution >= 0.6 is 11.3 Å². The van der Waals surface area contributed by atoms with Gasteiger partial charge >= 0.3 is 0 Å². The van der Waals surface area contributed by atoms with Gasteiger partial charge in [0.05, 0.1) is 26.3 Å². The number of nitrogens with zero attached hydrogens (tertiary/aromatic N) is 3. The molecule has 1 aliphatic heterocycles. The van der Waals surface area contributed by atoms with E-state index in [1.165, 1.54) is 36.3 Å². The number of hydrogen-bond acceptors (Lipinski definition) is 6. The molecule has 0 spiro atoms. The number of carbonyl (C=O) groups excluding carboxylic acids is 1. The van der Waals surface area contributed by atoms with Gasteiger partial charge in [0, 0.05) is 43.3 Å². The fourth-order valence-electron chi connectivity index (χ4n) is 4.11. The Balaban J connectivity index is 1.35. The lowest BCUT2D eigenvalue weighted by Crippen LogP contribution is -2.29. The van der Waals surface area contributed by atoms with Gasteiger partial charge in [-0.2, -0.15) is 0 Å². The molecule has 4 rings (SSSR count). The number of carbonyl (C=O) groups is 1. The fraction of sp³-hybridized carbons (Fsp3) is 0.385. The van der Waals surface area contributed by atoms with Crippen LogP contribution in [0.25, 0.3) is 10.6 Å². The summed E-state index contributed by atoms with van der Waals surface area (Å²) in [4.78, 5) is 21.7. The van der Waals surface area contributed by atoms with E-state index in [1.54, 1.807) is 19.1 Å². The molecule has 0 N–H and O–H groups in total. The van der Waals surface area contributed by atoms with Crippen molar-refractivity contribution in [2.75, 3.05) is 39.3 Å². The topological polar surface area (TPSA) is 54.9 Å². The molecule has 1 amide bonds. The van der Waals surface area contributed by atoms with Crippen molar-refractivity contribution in [1.29, 1.82) is 0 Å². The summed E-state index contributed by atoms with van der Waals surface area (Å²) >= 11 is 1.53. The van der Waals surface area contributed by atoms with Crippen molar-refractivity contribution in [3.63, 3.8) is 0 Å². The van der Waals surface area contributed by atoms with Crippen LogP contribution in [0.3, 0.4) is 0 Å². The number of anilines is 1. The van der Waals surface area contributed by atoms with E-state index in [0.29, 0.717) is 18.0 Å². The maximum atomic E-state index is 12.8. The van der Waals surface area contributed by atoms with Gasteiger partial charge in [-0.3, -0.25) is 4.79 Å². The molecular weight excluding hydrogens is 434 g/mol. The highest BCUT2D eigenvalue weighted by Crippen LogP contribution is 2.33. The Morgan fingerprint density at radius 1 is 1.03 bits per heavy atom. The first kappa shape index (κ1) is 23.1. The molecule has 1 aromatic heterocycles. The number of ether oxygens (including phenoxy) is 2. The third-order valence-electron chi connectivity index (χ3n) is 6.02. The highest BCUT2D eigenvalue weighted by Gasteiger charge is 2.15. The van der Waals surface area contributed by atoms with Crippen LogP contribution in [0, 0.1) is 0 Å². The van der Waals surface area contributed by atoms with E-state index < -0.39 is 0 Å². The predicted molar refractivity (Wildman–Crippen MR) is 133 cm³/mol. The second kappa shape index (κ2) is 10.7. The first-order chi connectivity index (χ1) is 16.1. The van der Waals surface area contributed by atoms with Crippen LogP contribution in [-0.4, -0.2) is 50.1 Å². The molecule has 0 radical (unpaired) electrons. The maximum Gasteiger partial charge on any atom is 0.228 e. The largest absolute Gasteiger partial charge is 0.493 e. The van der Waals surface area contributed by atoms with E-state index in [4.69, 9.17) is 9.47 Å². The average molecular weight is 466 g/mol. The lowest BCUT2D eigenvalue weighted by Gasteiger charge is -2.29. The Morgan fingerprint density at radius 2 is 1.76 bits per heavy atom. The summed E-state index contributed by atoms with van der Waals surface area (Å²) in [7, 11) is 5.08. The molecular formula is C26H31N3O3S. The molecule has 1 fully saturated rings. The third kappa shape index (κ3) is 5.66. The lowest BCUT2D eigenvalue weighted by molar-refractivity contribution is -0.129. The van der Waals surface area contributed by atoms with Crippen LogP contribution in [0.4, 0.5) is 5.69 Å². The quantitative estimate of drug-likeness (QED) is 0.468. The standard InChI is InChI=1S/C26H31N3O3S/c1-28(17-19-7-10-22(11-8-19)29-13-5-4-6-14-29)25(30)16-21-18-33-26(27-21)20-9-12-23(31-2)24(15-20)32-3/h7-12,15,18H,4-6,13-14,16-17H2,1-3H3. The Bertz CT molecular complexity index is 1070. The normalized spacial score (nSPS) is 13.6. The minimum Gasteiger partial charge on any atom is -0.493 e. The molecule has 2 aromatic carbocycles. The molecule has 1 saturated heterocycles. The number of amides is 1. The molecule has 174 valence electrons. The van der Waals surface area contributed by atoms with Gasteiger partial charge in [0.15, 0.2) is 11.5 Å². The maximum absolute atomic E-state index is 12.8. The zero-order valence-corrected chi connectivity index (χ0v) is 20.4. The molecule has 33 heavy (non-hydrogen) atoms. The number of likely N-dealkylation sites (N-methyl/N-ethyl adjacent to an activating group) is 1. The minimum atomic E-state index is 0.0549. The van der Waals surface area contributed by atoms with Gasteiger partial charge in [-0.25, -0.2) is 4.98 Å². The van der Waals surface area contributed by atoms with Gasteiger partial charge < -0.3 is 19.3 Å². The molecule has 0 bridgehead atoms. The molecule has 7 heteroatoms. The van der Waals surface area contributed by atoms with Crippen molar-refractivity contribution in [3.05, 3.63) is 59.1 Å². The van der Waals surface area contributed by atoms with Gasteiger partial charge in [0.2, 0.25) is 5.91 Å². The molecule has 3 aromatic rings. The second-order valence-electron chi connectivity index (χ2n) is 8.35. The zero-order valence-electron chi connectivity index (χ0n) is 19.5. The van der Waals surface area contributed by atoms with Crippen molar-refractivity contribution in [1.82, 2.24) is 9.88 Å². The van der Waals surface area contributed by atoms with Crippen molar-refractivity contribution < 1.29 is 14.3 Å². The second-order valence-corrected chi connectivity index (χ2v) is 9.21. The van der Waals surface area contributed by atoms with E-state index in [-0.39, 0.29) is 12.3 Å². The summed E-state index contributed by atoms with van der Waals surface area (Å²) in [5.74, 6) is 1.40. The number of aromatic nitrogens is 1. The molecule has 0 atom stereocenters. The number of benzene rings is 2. The van der Waals surface area contributed by atoms with Gasteiger partial charge in [-0.1, -0.05) is 12.1 Å². The van der Waals surface area contributed by atoms with Gasteiger partial charge in [0.25, 0.3) is 0 Å². The van der Waals surface area contributed by atoms with Crippen LogP contribution < -0.4 is 14.4 Å². The number of piperidine rings is 1. The number of thiazole rings is 1. The Labute approximate surface area is 199 Å². The fourth-order valence-corrected chi connectivity index (χ4v) is 4.92. The summed E-state index contributed by atoms with van der Waals surface area (Å²) in [5, 5.41) is 2.81. The smallest absolute Gasteiger partial charge is 0.228 e. The minimum absolute atomic E-state index is 0.0549. The summed E-state index contributed by atoms with van der Waals surface area (Å²) in [6.07, 6.45) is 4.15. The van der Waals surface area contributed by atoms with Gasteiger partial charge in [-0.15, -0.1) is 11.3 Å². The first-order valence-electron chi connectivity index (χ1n) is 11.3. The van der Waals surface area contributed by atoms with E-state index >= 15 is 0 Å². The van der Waals surface area contributed by atoms with Crippen molar-refractivity contribution in [2.24, 2.45) is 0 Å².